The first kappa shape index (κ1) is 9.69. The molecule has 0 spiro atoms. The van der Waals surface area contributed by atoms with E-state index < -0.39 is 5.92 Å². The third-order valence-electron chi connectivity index (χ3n) is 1.67. The van der Waals surface area contributed by atoms with Crippen LogP contribution >= 0.6 is 0 Å². The lowest BCUT2D eigenvalue weighted by Crippen LogP contribution is -1.92. The monoisotopic (exact) mass is 185 g/mol. The van der Waals surface area contributed by atoms with E-state index >= 15 is 0 Å². The molecule has 0 aliphatic rings. The molecule has 5 heteroatoms. The molecule has 0 amide bonds. The van der Waals surface area contributed by atoms with E-state index in [0.29, 0.717) is 11.3 Å². The third-order valence-corrected chi connectivity index (χ3v) is 1.67. The van der Waals surface area contributed by atoms with Gasteiger partial charge in [0, 0.05) is 5.56 Å². The number of rotatable bonds is 2. The van der Waals surface area contributed by atoms with Crippen molar-refractivity contribution in [1.29, 1.82) is 10.5 Å². The van der Waals surface area contributed by atoms with Crippen LogP contribution in [-0.4, -0.2) is 0 Å². The van der Waals surface area contributed by atoms with Crippen molar-refractivity contribution < 1.29 is 0 Å². The second-order valence-electron chi connectivity index (χ2n) is 2.47. The quantitative estimate of drug-likeness (QED) is 0.431. The maximum Gasteiger partial charge on any atom is 0.160 e. The fourth-order valence-corrected chi connectivity index (χ4v) is 1.05. The van der Waals surface area contributed by atoms with Crippen molar-refractivity contribution in [1.82, 2.24) is 0 Å². The van der Waals surface area contributed by atoms with E-state index in [4.69, 9.17) is 16.4 Å². The highest BCUT2D eigenvalue weighted by Gasteiger charge is 2.12. The highest BCUT2D eigenvalue weighted by atomic mass is 15.3. The molecule has 68 valence electrons. The van der Waals surface area contributed by atoms with Crippen LogP contribution in [0.2, 0.25) is 0 Å². The standard InChI is InChI=1S/C9H7N5/c10-5-7(6-11)8-3-1-2-4-9(8)13-14-12/h1-4,7H,(H2,12,13). The molecule has 5 nitrogen and oxygen atoms in total. The van der Waals surface area contributed by atoms with Gasteiger partial charge in [0.2, 0.25) is 0 Å². The van der Waals surface area contributed by atoms with Gasteiger partial charge in [-0.2, -0.15) is 10.5 Å². The van der Waals surface area contributed by atoms with Crippen LogP contribution in [0.3, 0.4) is 0 Å². The van der Waals surface area contributed by atoms with Crippen LogP contribution in [0.1, 0.15) is 11.5 Å². The molecule has 0 unspecified atom stereocenters. The molecule has 1 aromatic rings. The van der Waals surface area contributed by atoms with Crippen molar-refractivity contribution in [3.05, 3.63) is 29.8 Å². The fourth-order valence-electron chi connectivity index (χ4n) is 1.05. The van der Waals surface area contributed by atoms with Crippen LogP contribution in [0, 0.1) is 22.7 Å². The molecule has 0 heterocycles. The van der Waals surface area contributed by atoms with Gasteiger partial charge in [-0.3, -0.25) is 0 Å². The Balaban J connectivity index is 3.21. The van der Waals surface area contributed by atoms with E-state index in [-0.39, 0.29) is 0 Å². The maximum atomic E-state index is 8.70. The first-order valence-corrected chi connectivity index (χ1v) is 3.82. The summed E-state index contributed by atoms with van der Waals surface area (Å²) in [7, 11) is 0. The Morgan fingerprint density at radius 1 is 1.21 bits per heavy atom. The Morgan fingerprint density at radius 3 is 2.43 bits per heavy atom. The predicted octanol–water partition coefficient (Wildman–Crippen LogP) is 1.77. The molecule has 0 radical (unpaired) electrons. The first-order chi connectivity index (χ1) is 6.83. The smallest absolute Gasteiger partial charge is 0.160 e. The molecule has 0 fully saturated rings. The average Bonchev–Trinajstić information content (AvgIpc) is 2.23. The number of nitrogens with zero attached hydrogens (tertiary/aromatic N) is 4. The lowest BCUT2D eigenvalue weighted by atomic mass is 10.0. The highest BCUT2D eigenvalue weighted by Crippen LogP contribution is 2.25. The van der Waals surface area contributed by atoms with Gasteiger partial charge in [0.1, 0.15) is 0 Å². The van der Waals surface area contributed by atoms with E-state index in [1.165, 1.54) is 0 Å². The minimum Gasteiger partial charge on any atom is -0.305 e. The Hall–Kier alpha value is -2.40. The first-order valence-electron chi connectivity index (χ1n) is 3.82. The summed E-state index contributed by atoms with van der Waals surface area (Å²) in [6, 6.07) is 10.5. The Kier molecular flexibility index (Phi) is 3.17. The van der Waals surface area contributed by atoms with Crippen molar-refractivity contribution in [3.63, 3.8) is 0 Å². The van der Waals surface area contributed by atoms with Crippen molar-refractivity contribution in [2.75, 3.05) is 0 Å². The summed E-state index contributed by atoms with van der Waals surface area (Å²) in [5.74, 6) is 4.07. The Bertz CT molecular complexity index is 410. The van der Waals surface area contributed by atoms with Gasteiger partial charge in [-0.15, -0.1) is 5.11 Å². The topological polar surface area (TPSA) is 98.3 Å². The molecular formula is C9H7N5. The normalized spacial score (nSPS) is 9.93. The lowest BCUT2D eigenvalue weighted by molar-refractivity contribution is 1.03. The second kappa shape index (κ2) is 4.58. The Morgan fingerprint density at radius 2 is 1.86 bits per heavy atom. The van der Waals surface area contributed by atoms with E-state index in [2.05, 4.69) is 10.3 Å². The van der Waals surface area contributed by atoms with Gasteiger partial charge >= 0.3 is 0 Å². The van der Waals surface area contributed by atoms with Crippen molar-refractivity contribution >= 4 is 5.69 Å². The summed E-state index contributed by atoms with van der Waals surface area (Å²) in [6.07, 6.45) is 0. The van der Waals surface area contributed by atoms with E-state index in [0.717, 1.165) is 0 Å². The van der Waals surface area contributed by atoms with Crippen LogP contribution in [0.25, 0.3) is 0 Å². The van der Waals surface area contributed by atoms with Crippen LogP contribution in [0.15, 0.2) is 34.6 Å². The van der Waals surface area contributed by atoms with E-state index in [1.807, 2.05) is 12.1 Å². The minimum atomic E-state index is -0.836. The van der Waals surface area contributed by atoms with Gasteiger partial charge in [-0.05, 0) is 6.07 Å². The number of nitrogens with two attached hydrogens (primary N) is 1. The molecule has 14 heavy (non-hydrogen) atoms. The molecular weight excluding hydrogens is 178 g/mol. The summed E-state index contributed by atoms with van der Waals surface area (Å²) < 4.78 is 0. The van der Waals surface area contributed by atoms with E-state index in [9.17, 15) is 0 Å². The molecule has 0 bridgehead atoms. The van der Waals surface area contributed by atoms with Crippen LogP contribution in [-0.2, 0) is 0 Å². The number of benzene rings is 1. The molecule has 1 rings (SSSR count). The zero-order chi connectivity index (χ0) is 10.4. The Labute approximate surface area is 81.1 Å². The van der Waals surface area contributed by atoms with Crippen molar-refractivity contribution in [2.24, 2.45) is 16.2 Å². The average molecular weight is 185 g/mol. The van der Waals surface area contributed by atoms with Gasteiger partial charge in [0.05, 0.1) is 17.8 Å². The third kappa shape index (κ3) is 1.85. The van der Waals surface area contributed by atoms with Crippen LogP contribution < -0.4 is 5.84 Å². The SMILES string of the molecule is N#CC(C#N)c1ccccc1N=NN. The summed E-state index contributed by atoms with van der Waals surface area (Å²) in [5.41, 5.74) is 0.967. The molecule has 2 N–H and O–H groups in total. The molecule has 0 saturated heterocycles. The largest absolute Gasteiger partial charge is 0.305 e. The lowest BCUT2D eigenvalue weighted by Gasteiger charge is -2.02. The van der Waals surface area contributed by atoms with Gasteiger partial charge < -0.3 is 5.84 Å². The molecule has 0 saturated carbocycles. The molecule has 0 aliphatic heterocycles. The summed E-state index contributed by atoms with van der Waals surface area (Å²) >= 11 is 0. The molecule has 0 aromatic heterocycles. The number of hydrogen-bond donors (Lipinski definition) is 1. The van der Waals surface area contributed by atoms with Crippen molar-refractivity contribution in [2.45, 2.75) is 5.92 Å². The summed E-state index contributed by atoms with van der Waals surface area (Å²) in [6.45, 7) is 0. The van der Waals surface area contributed by atoms with Crippen molar-refractivity contribution in [3.8, 4) is 12.1 Å². The molecule has 1 aromatic carbocycles. The maximum absolute atomic E-state index is 8.70. The minimum absolute atomic E-state index is 0.447. The van der Waals surface area contributed by atoms with E-state index in [1.54, 1.807) is 24.3 Å². The predicted molar refractivity (Wildman–Crippen MR) is 49.1 cm³/mol. The van der Waals surface area contributed by atoms with Gasteiger partial charge in [0.15, 0.2) is 5.92 Å². The summed E-state index contributed by atoms with van der Waals surface area (Å²) in [5, 5.41) is 24.1. The van der Waals surface area contributed by atoms with Gasteiger partial charge in [-0.25, -0.2) is 0 Å². The van der Waals surface area contributed by atoms with Gasteiger partial charge in [-0.1, -0.05) is 23.4 Å². The zero-order valence-corrected chi connectivity index (χ0v) is 7.25. The number of hydrogen-bond acceptors (Lipinski definition) is 4. The summed E-state index contributed by atoms with van der Waals surface area (Å²) in [4.78, 5) is 0. The molecule has 0 aliphatic carbocycles. The number of nitriles is 2. The second-order valence-corrected chi connectivity index (χ2v) is 2.47. The van der Waals surface area contributed by atoms with Gasteiger partial charge in [0.25, 0.3) is 0 Å². The highest BCUT2D eigenvalue weighted by molar-refractivity contribution is 5.51. The molecule has 0 atom stereocenters. The van der Waals surface area contributed by atoms with Crippen LogP contribution in [0.4, 0.5) is 5.69 Å². The zero-order valence-electron chi connectivity index (χ0n) is 7.25. The van der Waals surface area contributed by atoms with Crippen LogP contribution in [0.5, 0.6) is 0 Å². The fraction of sp³-hybridized carbons (Fsp3) is 0.111.